The third-order valence-electron chi connectivity index (χ3n) is 2.69. The molecule has 88 valence electrons. The average molecular weight is 229 g/mol. The maximum atomic E-state index is 5.60. The molecule has 1 aromatic heterocycles. The van der Waals surface area contributed by atoms with Crippen molar-refractivity contribution in [3.05, 3.63) is 35.4 Å². The number of anilines is 1. The first-order valence-corrected chi connectivity index (χ1v) is 5.36. The van der Waals surface area contributed by atoms with Gasteiger partial charge in [-0.1, -0.05) is 0 Å². The first-order chi connectivity index (χ1) is 8.11. The van der Waals surface area contributed by atoms with E-state index in [9.17, 15) is 0 Å². The van der Waals surface area contributed by atoms with Gasteiger partial charge < -0.3 is 10.5 Å². The van der Waals surface area contributed by atoms with Crippen LogP contribution in [0.3, 0.4) is 0 Å². The molecule has 0 fully saturated rings. The van der Waals surface area contributed by atoms with Crippen LogP contribution in [0.1, 0.15) is 11.1 Å². The van der Waals surface area contributed by atoms with Gasteiger partial charge in [-0.25, -0.2) is 0 Å². The van der Waals surface area contributed by atoms with Crippen LogP contribution >= 0.6 is 0 Å². The van der Waals surface area contributed by atoms with Crippen LogP contribution < -0.4 is 10.5 Å². The Morgan fingerprint density at radius 1 is 1.06 bits per heavy atom. The highest BCUT2D eigenvalue weighted by Gasteiger charge is 2.08. The molecule has 2 N–H and O–H groups in total. The fourth-order valence-corrected chi connectivity index (χ4v) is 1.80. The molecule has 0 radical (unpaired) electrons. The van der Waals surface area contributed by atoms with Gasteiger partial charge in [0.15, 0.2) is 0 Å². The minimum absolute atomic E-state index is 0.442. The monoisotopic (exact) mass is 229 g/mol. The molecule has 2 rings (SSSR count). The van der Waals surface area contributed by atoms with Gasteiger partial charge in [0.05, 0.1) is 12.8 Å². The van der Waals surface area contributed by atoms with Gasteiger partial charge in [-0.15, -0.1) is 10.2 Å². The van der Waals surface area contributed by atoms with Gasteiger partial charge >= 0.3 is 0 Å². The zero-order valence-corrected chi connectivity index (χ0v) is 10.2. The summed E-state index contributed by atoms with van der Waals surface area (Å²) in [6, 6.07) is 7.71. The summed E-state index contributed by atoms with van der Waals surface area (Å²) in [6.45, 7) is 4.00. The lowest BCUT2D eigenvalue weighted by Crippen LogP contribution is -1.98. The Labute approximate surface area is 100 Å². The number of nitrogens with zero attached hydrogens (tertiary/aromatic N) is 2. The largest absolute Gasteiger partial charge is 0.497 e. The van der Waals surface area contributed by atoms with Crippen LogP contribution in [-0.2, 0) is 0 Å². The van der Waals surface area contributed by atoms with Crippen molar-refractivity contribution >= 4 is 5.82 Å². The number of nitrogens with two attached hydrogens (primary N) is 1. The second kappa shape index (κ2) is 4.41. The average Bonchev–Trinajstić information content (AvgIpc) is 2.30. The van der Waals surface area contributed by atoms with Crippen molar-refractivity contribution in [3.63, 3.8) is 0 Å². The number of methoxy groups -OCH3 is 1. The van der Waals surface area contributed by atoms with Crippen LogP contribution in [0.25, 0.3) is 11.3 Å². The molecule has 4 heteroatoms. The summed E-state index contributed by atoms with van der Waals surface area (Å²) in [6.07, 6.45) is 0. The number of benzene rings is 1. The molecule has 0 amide bonds. The van der Waals surface area contributed by atoms with Gasteiger partial charge in [0.1, 0.15) is 11.6 Å². The molecule has 0 aliphatic heterocycles. The Hall–Kier alpha value is -2.10. The lowest BCUT2D eigenvalue weighted by molar-refractivity contribution is 0.414. The van der Waals surface area contributed by atoms with Gasteiger partial charge in [0, 0.05) is 5.56 Å². The number of aromatic nitrogens is 2. The number of hydrogen-bond donors (Lipinski definition) is 1. The van der Waals surface area contributed by atoms with E-state index in [2.05, 4.69) is 10.2 Å². The summed E-state index contributed by atoms with van der Waals surface area (Å²) in [7, 11) is 1.66. The van der Waals surface area contributed by atoms with Crippen LogP contribution in [-0.4, -0.2) is 17.3 Å². The maximum Gasteiger partial charge on any atom is 0.146 e. The molecule has 1 heterocycles. The van der Waals surface area contributed by atoms with Crippen molar-refractivity contribution in [3.8, 4) is 17.0 Å². The van der Waals surface area contributed by atoms with Crippen molar-refractivity contribution < 1.29 is 4.74 Å². The van der Waals surface area contributed by atoms with E-state index < -0.39 is 0 Å². The molecule has 0 aliphatic carbocycles. The van der Waals surface area contributed by atoms with Crippen LogP contribution in [0.15, 0.2) is 24.3 Å². The summed E-state index contributed by atoms with van der Waals surface area (Å²) in [5, 5.41) is 8.05. The predicted molar refractivity (Wildman–Crippen MR) is 67.9 cm³/mol. The number of ether oxygens (including phenoxy) is 1. The number of hydrogen-bond acceptors (Lipinski definition) is 4. The molecule has 0 spiro atoms. The van der Waals surface area contributed by atoms with Gasteiger partial charge in [0.25, 0.3) is 0 Å². The first kappa shape index (κ1) is 11.4. The summed E-state index contributed by atoms with van der Waals surface area (Å²) in [5.41, 5.74) is 9.63. The quantitative estimate of drug-likeness (QED) is 0.858. The summed E-state index contributed by atoms with van der Waals surface area (Å²) >= 11 is 0. The van der Waals surface area contributed by atoms with Crippen molar-refractivity contribution in [2.24, 2.45) is 0 Å². The first-order valence-electron chi connectivity index (χ1n) is 5.36. The van der Waals surface area contributed by atoms with E-state index in [0.717, 1.165) is 28.1 Å². The second-order valence-corrected chi connectivity index (χ2v) is 3.98. The van der Waals surface area contributed by atoms with Crippen molar-refractivity contribution in [1.82, 2.24) is 10.2 Å². The van der Waals surface area contributed by atoms with Crippen LogP contribution in [0.2, 0.25) is 0 Å². The highest BCUT2D eigenvalue weighted by Crippen LogP contribution is 2.27. The van der Waals surface area contributed by atoms with Gasteiger partial charge in [-0.05, 0) is 49.2 Å². The van der Waals surface area contributed by atoms with E-state index >= 15 is 0 Å². The van der Waals surface area contributed by atoms with E-state index in [1.807, 2.05) is 38.1 Å². The summed E-state index contributed by atoms with van der Waals surface area (Å²) in [5.74, 6) is 1.28. The Balaban J connectivity index is 2.53. The second-order valence-electron chi connectivity index (χ2n) is 3.98. The van der Waals surface area contributed by atoms with Crippen LogP contribution in [0, 0.1) is 13.8 Å². The topological polar surface area (TPSA) is 61.0 Å². The Bertz CT molecular complexity index is 552. The molecule has 0 saturated carbocycles. The summed E-state index contributed by atoms with van der Waals surface area (Å²) < 4.78 is 5.18. The smallest absolute Gasteiger partial charge is 0.146 e. The Morgan fingerprint density at radius 3 is 2.41 bits per heavy atom. The highest BCUT2D eigenvalue weighted by molar-refractivity contribution is 5.67. The molecule has 17 heavy (non-hydrogen) atoms. The molecule has 0 bridgehead atoms. The fraction of sp³-hybridized carbons (Fsp3) is 0.231. The van der Waals surface area contributed by atoms with E-state index in [1.54, 1.807) is 7.11 Å². The van der Waals surface area contributed by atoms with E-state index in [4.69, 9.17) is 10.5 Å². The standard InChI is InChI=1S/C13H15N3O/c1-8-6-10(17-3)4-5-11(8)13-9(2)7-12(14)15-16-13/h4-7H,1-3H3,(H2,14,15). The molecular weight excluding hydrogens is 214 g/mol. The highest BCUT2D eigenvalue weighted by atomic mass is 16.5. The normalized spacial score (nSPS) is 10.3. The number of rotatable bonds is 2. The van der Waals surface area contributed by atoms with E-state index in [1.165, 1.54) is 0 Å². The number of nitrogen functional groups attached to an aromatic ring is 1. The van der Waals surface area contributed by atoms with Gasteiger partial charge in [0.2, 0.25) is 0 Å². The van der Waals surface area contributed by atoms with E-state index in [-0.39, 0.29) is 0 Å². The molecular formula is C13H15N3O. The molecule has 0 atom stereocenters. The molecule has 1 aromatic carbocycles. The lowest BCUT2D eigenvalue weighted by Gasteiger charge is -2.09. The predicted octanol–water partition coefficient (Wildman–Crippen LogP) is 2.35. The van der Waals surface area contributed by atoms with E-state index in [0.29, 0.717) is 5.82 Å². The fourth-order valence-electron chi connectivity index (χ4n) is 1.80. The molecule has 0 saturated heterocycles. The van der Waals surface area contributed by atoms with Crippen LogP contribution in [0.5, 0.6) is 5.75 Å². The van der Waals surface area contributed by atoms with Crippen LogP contribution in [0.4, 0.5) is 5.82 Å². The van der Waals surface area contributed by atoms with Gasteiger partial charge in [-0.2, -0.15) is 0 Å². The molecule has 0 unspecified atom stereocenters. The van der Waals surface area contributed by atoms with Crippen molar-refractivity contribution in [1.29, 1.82) is 0 Å². The summed E-state index contributed by atoms with van der Waals surface area (Å²) in [4.78, 5) is 0. The zero-order valence-electron chi connectivity index (χ0n) is 10.2. The van der Waals surface area contributed by atoms with Crippen molar-refractivity contribution in [2.75, 3.05) is 12.8 Å². The Kier molecular flexibility index (Phi) is 2.95. The molecule has 0 aliphatic rings. The SMILES string of the molecule is COc1ccc(-c2nnc(N)cc2C)c(C)c1. The number of aryl methyl sites for hydroxylation is 2. The van der Waals surface area contributed by atoms with Gasteiger partial charge in [-0.3, -0.25) is 0 Å². The minimum atomic E-state index is 0.442. The Morgan fingerprint density at radius 2 is 1.82 bits per heavy atom. The molecule has 4 nitrogen and oxygen atoms in total. The van der Waals surface area contributed by atoms with Crippen molar-refractivity contribution in [2.45, 2.75) is 13.8 Å². The lowest BCUT2D eigenvalue weighted by atomic mass is 10.0. The third-order valence-corrected chi connectivity index (χ3v) is 2.69. The third kappa shape index (κ3) is 2.20. The maximum absolute atomic E-state index is 5.60. The minimum Gasteiger partial charge on any atom is -0.497 e. The molecule has 2 aromatic rings. The zero-order chi connectivity index (χ0) is 12.4.